The van der Waals surface area contributed by atoms with Crippen molar-refractivity contribution < 1.29 is 0 Å². The first-order valence-corrected chi connectivity index (χ1v) is 7.78. The summed E-state index contributed by atoms with van der Waals surface area (Å²) in [5, 5.41) is 0. The molecule has 0 aromatic heterocycles. The van der Waals surface area contributed by atoms with E-state index in [0.717, 1.165) is 46.9 Å². The van der Waals surface area contributed by atoms with E-state index in [9.17, 15) is 0 Å². The van der Waals surface area contributed by atoms with Gasteiger partial charge in [-0.2, -0.15) is 0 Å². The van der Waals surface area contributed by atoms with Crippen LogP contribution in [0.15, 0.2) is 51.5 Å². The van der Waals surface area contributed by atoms with E-state index in [1.165, 1.54) is 5.57 Å². The molecule has 1 aliphatic rings. The summed E-state index contributed by atoms with van der Waals surface area (Å²) in [4.78, 5) is 7.83. The van der Waals surface area contributed by atoms with E-state index in [2.05, 4.69) is 48.7 Å². The first-order valence-electron chi connectivity index (χ1n) is 7.28. The topological polar surface area (TPSA) is 41.6 Å². The summed E-state index contributed by atoms with van der Waals surface area (Å²) in [5.74, 6) is 0. The Morgan fingerprint density at radius 1 is 1.33 bits per heavy atom. The Bertz CT molecular complexity index is 612. The SMILES string of the molecule is CCCC1=CC(=Nc2ccc(N(C)C)cc2[SH2+])CC=C1N. The highest BCUT2D eigenvalue weighted by molar-refractivity contribution is 7.59. The van der Waals surface area contributed by atoms with Gasteiger partial charge in [-0.05, 0) is 42.8 Å². The molecule has 112 valence electrons. The van der Waals surface area contributed by atoms with Gasteiger partial charge < -0.3 is 10.6 Å². The van der Waals surface area contributed by atoms with Crippen LogP contribution in [-0.4, -0.2) is 19.8 Å². The maximum atomic E-state index is 6.03. The molecule has 21 heavy (non-hydrogen) atoms. The zero-order valence-electron chi connectivity index (χ0n) is 13.0. The number of anilines is 1. The molecule has 0 fully saturated rings. The fourth-order valence-electron chi connectivity index (χ4n) is 2.31. The lowest BCUT2D eigenvalue weighted by Gasteiger charge is -2.14. The van der Waals surface area contributed by atoms with Gasteiger partial charge in [0, 0.05) is 43.7 Å². The van der Waals surface area contributed by atoms with E-state index in [1.54, 1.807) is 0 Å². The molecule has 0 atom stereocenters. The Labute approximate surface area is 132 Å². The minimum Gasteiger partial charge on any atom is -0.399 e. The predicted molar refractivity (Wildman–Crippen MR) is 96.2 cm³/mol. The fourth-order valence-corrected chi connectivity index (χ4v) is 2.59. The van der Waals surface area contributed by atoms with Crippen LogP contribution >= 0.6 is 0 Å². The number of nitrogens with two attached hydrogens (primary N) is 1. The molecular weight excluding hydrogens is 278 g/mol. The molecule has 4 heteroatoms. The van der Waals surface area contributed by atoms with Crippen LogP contribution in [0.4, 0.5) is 11.4 Å². The van der Waals surface area contributed by atoms with Crippen molar-refractivity contribution in [3.63, 3.8) is 0 Å². The van der Waals surface area contributed by atoms with Gasteiger partial charge in [0.15, 0.2) is 4.90 Å². The van der Waals surface area contributed by atoms with E-state index in [0.29, 0.717) is 0 Å². The zero-order valence-corrected chi connectivity index (χ0v) is 14.0. The van der Waals surface area contributed by atoms with Gasteiger partial charge in [-0.25, -0.2) is 4.99 Å². The third-order valence-corrected chi connectivity index (χ3v) is 3.92. The summed E-state index contributed by atoms with van der Waals surface area (Å²) >= 11 is 3.66. The van der Waals surface area contributed by atoms with Crippen molar-refractivity contribution >= 4 is 29.7 Å². The standard InChI is InChI=1S/C17H23N3S/c1-4-5-12-10-13(6-8-15(12)18)19-16-9-7-14(20(2)3)11-17(16)21/h7-11,21H,4-6,18H2,1-3H3/p+1. The zero-order chi connectivity index (χ0) is 15.4. The number of hydrogen-bond donors (Lipinski definition) is 1. The highest BCUT2D eigenvalue weighted by Gasteiger charge is 2.11. The van der Waals surface area contributed by atoms with Gasteiger partial charge in [0.05, 0.1) is 0 Å². The Hall–Kier alpha value is -1.68. The van der Waals surface area contributed by atoms with Crippen LogP contribution in [0.5, 0.6) is 0 Å². The Morgan fingerprint density at radius 2 is 2.10 bits per heavy atom. The first-order chi connectivity index (χ1) is 10.0. The predicted octanol–water partition coefficient (Wildman–Crippen LogP) is 3.17. The first kappa shape index (κ1) is 15.7. The average molecular weight is 302 g/mol. The highest BCUT2D eigenvalue weighted by atomic mass is 32.1. The molecule has 2 N–H and O–H groups in total. The largest absolute Gasteiger partial charge is 0.399 e. The molecular formula is C17H24N3S+. The minimum atomic E-state index is 0.792. The quantitative estimate of drug-likeness (QED) is 0.868. The van der Waals surface area contributed by atoms with E-state index >= 15 is 0 Å². The second kappa shape index (κ2) is 6.85. The molecule has 0 saturated heterocycles. The van der Waals surface area contributed by atoms with Gasteiger partial charge in [0.2, 0.25) is 0 Å². The van der Waals surface area contributed by atoms with Crippen molar-refractivity contribution in [1.29, 1.82) is 0 Å². The van der Waals surface area contributed by atoms with E-state index in [-0.39, 0.29) is 0 Å². The van der Waals surface area contributed by atoms with E-state index in [1.807, 2.05) is 20.2 Å². The lowest BCUT2D eigenvalue weighted by molar-refractivity contribution is 0.903. The van der Waals surface area contributed by atoms with Crippen LogP contribution in [0, 0.1) is 0 Å². The van der Waals surface area contributed by atoms with Gasteiger partial charge in [-0.3, -0.25) is 0 Å². The minimum absolute atomic E-state index is 0.792. The Morgan fingerprint density at radius 3 is 2.71 bits per heavy atom. The molecule has 0 amide bonds. The summed E-state index contributed by atoms with van der Waals surface area (Å²) < 4.78 is 0. The maximum absolute atomic E-state index is 6.03. The number of aliphatic imine (C=N–C) groups is 1. The van der Waals surface area contributed by atoms with Crippen molar-refractivity contribution in [2.24, 2.45) is 10.7 Å². The van der Waals surface area contributed by atoms with Crippen molar-refractivity contribution in [1.82, 2.24) is 0 Å². The maximum Gasteiger partial charge on any atom is 0.178 e. The normalized spacial score (nSPS) is 16.7. The highest BCUT2D eigenvalue weighted by Crippen LogP contribution is 2.26. The number of nitrogens with zero attached hydrogens (tertiary/aromatic N) is 2. The second-order valence-electron chi connectivity index (χ2n) is 5.48. The molecule has 1 aromatic rings. The molecule has 0 heterocycles. The number of benzene rings is 1. The van der Waals surface area contributed by atoms with E-state index in [4.69, 9.17) is 10.7 Å². The summed E-state index contributed by atoms with van der Waals surface area (Å²) in [7, 11) is 4.06. The molecule has 0 aliphatic heterocycles. The van der Waals surface area contributed by atoms with Gasteiger partial charge in [0.1, 0.15) is 5.69 Å². The van der Waals surface area contributed by atoms with Crippen LogP contribution in [-0.2, 0) is 12.6 Å². The van der Waals surface area contributed by atoms with Crippen molar-refractivity contribution in [3.05, 3.63) is 41.6 Å². The molecule has 1 aliphatic carbocycles. The van der Waals surface area contributed by atoms with Crippen molar-refractivity contribution in [2.75, 3.05) is 19.0 Å². The van der Waals surface area contributed by atoms with Crippen LogP contribution in [0.3, 0.4) is 0 Å². The Kier molecular flexibility index (Phi) is 5.12. The Balaban J connectivity index is 2.28. The van der Waals surface area contributed by atoms with Gasteiger partial charge in [-0.1, -0.05) is 19.4 Å². The van der Waals surface area contributed by atoms with Crippen LogP contribution in [0.2, 0.25) is 0 Å². The van der Waals surface area contributed by atoms with Gasteiger partial charge in [-0.15, -0.1) is 0 Å². The molecule has 0 unspecified atom stereocenters. The number of hydrogen-bond acceptors (Lipinski definition) is 3. The van der Waals surface area contributed by atoms with Crippen molar-refractivity contribution in [3.8, 4) is 0 Å². The smallest absolute Gasteiger partial charge is 0.178 e. The lowest BCUT2D eigenvalue weighted by Crippen LogP contribution is -2.10. The lowest BCUT2D eigenvalue weighted by atomic mass is 9.98. The summed E-state index contributed by atoms with van der Waals surface area (Å²) in [6, 6.07) is 6.20. The third-order valence-electron chi connectivity index (χ3n) is 3.52. The number of rotatable bonds is 4. The van der Waals surface area contributed by atoms with Crippen LogP contribution in [0.1, 0.15) is 26.2 Å². The molecule has 0 saturated carbocycles. The van der Waals surface area contributed by atoms with Crippen molar-refractivity contribution in [2.45, 2.75) is 31.1 Å². The molecule has 0 bridgehead atoms. The van der Waals surface area contributed by atoms with Gasteiger partial charge >= 0.3 is 0 Å². The summed E-state index contributed by atoms with van der Waals surface area (Å²) in [6.45, 7) is 2.16. The molecule has 3 nitrogen and oxygen atoms in total. The van der Waals surface area contributed by atoms with E-state index < -0.39 is 0 Å². The number of allylic oxidation sites excluding steroid dienone is 3. The molecule has 0 radical (unpaired) electrons. The monoisotopic (exact) mass is 302 g/mol. The molecule has 2 rings (SSSR count). The average Bonchev–Trinajstić information content (AvgIpc) is 2.44. The summed E-state index contributed by atoms with van der Waals surface area (Å²) in [6.07, 6.45) is 7.08. The molecule has 1 aromatic carbocycles. The molecule has 0 spiro atoms. The third kappa shape index (κ3) is 3.91. The second-order valence-corrected chi connectivity index (χ2v) is 6.02. The van der Waals surface area contributed by atoms with Gasteiger partial charge in [0.25, 0.3) is 0 Å². The van der Waals surface area contributed by atoms with Crippen LogP contribution in [0.25, 0.3) is 0 Å². The summed E-state index contributed by atoms with van der Waals surface area (Å²) in [5.41, 5.74) is 11.3. The fraction of sp³-hybridized carbons (Fsp3) is 0.353. The van der Waals surface area contributed by atoms with Crippen LogP contribution < -0.4 is 10.6 Å².